The first-order chi connectivity index (χ1) is 11.4. The molecule has 1 aliphatic heterocycles. The van der Waals surface area contributed by atoms with E-state index in [1.807, 2.05) is 43.3 Å². The Morgan fingerprint density at radius 2 is 1.96 bits per heavy atom. The van der Waals surface area contributed by atoms with E-state index in [4.69, 9.17) is 4.63 Å². The third kappa shape index (κ3) is 2.53. The molecular formula is C18H19N3O3. The van der Waals surface area contributed by atoms with Gasteiger partial charge in [0.05, 0.1) is 17.4 Å². The molecule has 0 saturated carbocycles. The van der Waals surface area contributed by atoms with Crippen LogP contribution in [0.1, 0.15) is 25.5 Å². The molecule has 1 fully saturated rings. The van der Waals surface area contributed by atoms with E-state index in [0.29, 0.717) is 24.1 Å². The van der Waals surface area contributed by atoms with Crippen LogP contribution in [0.25, 0.3) is 22.2 Å². The molecule has 24 heavy (non-hydrogen) atoms. The van der Waals surface area contributed by atoms with Crippen LogP contribution in [0.2, 0.25) is 0 Å². The molecule has 2 aromatic carbocycles. The summed E-state index contributed by atoms with van der Waals surface area (Å²) in [4.78, 5) is 2.06. The van der Waals surface area contributed by atoms with Crippen molar-refractivity contribution in [3.63, 3.8) is 0 Å². The number of fused-ring (bicyclic) bond motifs is 1. The summed E-state index contributed by atoms with van der Waals surface area (Å²) < 4.78 is 4.90. The molecule has 1 aromatic heterocycles. The van der Waals surface area contributed by atoms with E-state index in [1.54, 1.807) is 6.92 Å². The van der Waals surface area contributed by atoms with E-state index in [2.05, 4.69) is 15.2 Å². The molecule has 124 valence electrons. The minimum Gasteiger partial charge on any atom is -0.389 e. The second kappa shape index (κ2) is 5.29. The van der Waals surface area contributed by atoms with Crippen molar-refractivity contribution in [3.05, 3.63) is 42.0 Å². The van der Waals surface area contributed by atoms with Crippen molar-refractivity contribution < 1.29 is 14.8 Å². The van der Waals surface area contributed by atoms with Crippen LogP contribution in [0.15, 0.2) is 41.0 Å². The Hall–Kier alpha value is -2.44. The molecule has 0 aliphatic carbocycles. The number of hydrogen-bond acceptors (Lipinski definition) is 6. The van der Waals surface area contributed by atoms with Crippen LogP contribution in [0.3, 0.4) is 0 Å². The molecule has 3 aromatic rings. The van der Waals surface area contributed by atoms with Gasteiger partial charge in [-0.3, -0.25) is 0 Å². The fraction of sp³-hybridized carbons (Fsp3) is 0.333. The van der Waals surface area contributed by atoms with Crippen LogP contribution in [0, 0.1) is 0 Å². The molecule has 1 unspecified atom stereocenters. The fourth-order valence-electron chi connectivity index (χ4n) is 3.20. The summed E-state index contributed by atoms with van der Waals surface area (Å²) in [6.07, 6.45) is -0.521. The van der Waals surface area contributed by atoms with Gasteiger partial charge in [0, 0.05) is 13.1 Å². The van der Waals surface area contributed by atoms with Crippen LogP contribution in [0.4, 0.5) is 5.69 Å². The minimum absolute atomic E-state index is 0.521. The van der Waals surface area contributed by atoms with Crippen molar-refractivity contribution in [1.29, 1.82) is 0 Å². The summed E-state index contributed by atoms with van der Waals surface area (Å²) in [5.74, 6) is 0. The van der Waals surface area contributed by atoms with E-state index < -0.39 is 11.7 Å². The Morgan fingerprint density at radius 3 is 2.67 bits per heavy atom. The van der Waals surface area contributed by atoms with Crippen LogP contribution < -0.4 is 4.90 Å². The van der Waals surface area contributed by atoms with Crippen molar-refractivity contribution in [2.75, 3.05) is 18.0 Å². The predicted molar refractivity (Wildman–Crippen MR) is 90.7 cm³/mol. The molecule has 0 radical (unpaired) electrons. The van der Waals surface area contributed by atoms with Gasteiger partial charge in [-0.2, -0.15) is 0 Å². The van der Waals surface area contributed by atoms with E-state index in [1.165, 1.54) is 0 Å². The molecule has 2 heterocycles. The largest absolute Gasteiger partial charge is 0.389 e. The number of anilines is 1. The number of rotatable bonds is 3. The van der Waals surface area contributed by atoms with E-state index in [-0.39, 0.29) is 0 Å². The monoisotopic (exact) mass is 325 g/mol. The van der Waals surface area contributed by atoms with Gasteiger partial charge in [0.15, 0.2) is 5.52 Å². The van der Waals surface area contributed by atoms with Crippen molar-refractivity contribution in [2.24, 2.45) is 0 Å². The molecule has 0 amide bonds. The van der Waals surface area contributed by atoms with Crippen molar-refractivity contribution in [1.82, 2.24) is 10.3 Å². The minimum atomic E-state index is -0.675. The molecule has 0 bridgehead atoms. The second-order valence-electron chi connectivity index (χ2n) is 6.78. The Bertz CT molecular complexity index is 893. The maximum atomic E-state index is 10.0. The number of aromatic nitrogens is 2. The van der Waals surface area contributed by atoms with Crippen LogP contribution in [-0.2, 0) is 0 Å². The van der Waals surface area contributed by atoms with E-state index in [0.717, 1.165) is 22.4 Å². The molecular weight excluding hydrogens is 306 g/mol. The Balaban J connectivity index is 1.81. The van der Waals surface area contributed by atoms with Crippen LogP contribution in [-0.4, -0.2) is 39.2 Å². The summed E-state index contributed by atoms with van der Waals surface area (Å²) in [7, 11) is 0. The molecule has 6 heteroatoms. The van der Waals surface area contributed by atoms with Crippen molar-refractivity contribution in [2.45, 2.75) is 25.6 Å². The number of aliphatic hydroxyl groups is 2. The summed E-state index contributed by atoms with van der Waals surface area (Å²) in [6, 6.07) is 11.7. The summed E-state index contributed by atoms with van der Waals surface area (Å²) >= 11 is 0. The summed E-state index contributed by atoms with van der Waals surface area (Å²) in [5, 5.41) is 27.8. The first kappa shape index (κ1) is 15.1. The van der Waals surface area contributed by atoms with Gasteiger partial charge >= 0.3 is 0 Å². The molecule has 0 spiro atoms. The Kier molecular flexibility index (Phi) is 3.33. The highest BCUT2D eigenvalue weighted by atomic mass is 16.6. The number of β-amino-alcohol motifs (C(OH)–C–C–N with tert-alkyl or cyclic N) is 1. The Labute approximate surface area is 139 Å². The predicted octanol–water partition coefficient (Wildman–Crippen LogP) is 2.51. The van der Waals surface area contributed by atoms with Gasteiger partial charge in [0.1, 0.15) is 5.52 Å². The highest BCUT2D eigenvalue weighted by Gasteiger charge is 2.38. The van der Waals surface area contributed by atoms with E-state index >= 15 is 0 Å². The maximum Gasteiger partial charge on any atom is 0.158 e. The van der Waals surface area contributed by atoms with Gasteiger partial charge in [0.2, 0.25) is 0 Å². The first-order valence-electron chi connectivity index (χ1n) is 7.95. The zero-order chi connectivity index (χ0) is 16.9. The average Bonchev–Trinajstić information content (AvgIpc) is 3.00. The second-order valence-corrected chi connectivity index (χ2v) is 6.78. The molecule has 1 atom stereocenters. The lowest BCUT2D eigenvalue weighted by Crippen LogP contribution is -2.60. The number of benzene rings is 2. The number of aliphatic hydroxyl groups excluding tert-OH is 1. The van der Waals surface area contributed by atoms with Crippen LogP contribution in [0.5, 0.6) is 0 Å². The maximum absolute atomic E-state index is 10.0. The van der Waals surface area contributed by atoms with Crippen molar-refractivity contribution in [3.8, 4) is 11.1 Å². The number of nitrogens with zero attached hydrogens (tertiary/aromatic N) is 3. The third-order valence-corrected chi connectivity index (χ3v) is 4.45. The summed E-state index contributed by atoms with van der Waals surface area (Å²) in [6.45, 7) is 4.66. The van der Waals surface area contributed by atoms with Gasteiger partial charge in [-0.1, -0.05) is 18.2 Å². The number of hydrogen-bond donors (Lipinski definition) is 2. The highest BCUT2D eigenvalue weighted by Crippen LogP contribution is 2.36. The van der Waals surface area contributed by atoms with Gasteiger partial charge in [-0.25, -0.2) is 4.63 Å². The zero-order valence-corrected chi connectivity index (χ0v) is 13.6. The van der Waals surface area contributed by atoms with Gasteiger partial charge in [-0.05, 0) is 59.1 Å². The summed E-state index contributed by atoms with van der Waals surface area (Å²) in [5.41, 5.74) is 4.43. The Morgan fingerprint density at radius 1 is 1.17 bits per heavy atom. The average molecular weight is 325 g/mol. The smallest absolute Gasteiger partial charge is 0.158 e. The molecule has 1 aliphatic rings. The quantitative estimate of drug-likeness (QED) is 0.770. The lowest BCUT2D eigenvalue weighted by atomic mass is 9.94. The highest BCUT2D eigenvalue weighted by molar-refractivity contribution is 5.93. The lowest BCUT2D eigenvalue weighted by molar-refractivity contribution is 0.0312. The zero-order valence-electron chi connectivity index (χ0n) is 13.6. The topological polar surface area (TPSA) is 82.6 Å². The first-order valence-corrected chi connectivity index (χ1v) is 7.95. The third-order valence-electron chi connectivity index (χ3n) is 4.45. The van der Waals surface area contributed by atoms with Crippen molar-refractivity contribution >= 4 is 16.7 Å². The van der Waals surface area contributed by atoms with Gasteiger partial charge in [0.25, 0.3) is 0 Å². The fourth-order valence-corrected chi connectivity index (χ4v) is 3.20. The van der Waals surface area contributed by atoms with Crippen LogP contribution >= 0.6 is 0 Å². The normalized spacial score (nSPS) is 17.8. The van der Waals surface area contributed by atoms with Gasteiger partial charge < -0.3 is 15.1 Å². The molecule has 1 saturated heterocycles. The molecule has 6 nitrogen and oxygen atoms in total. The van der Waals surface area contributed by atoms with E-state index in [9.17, 15) is 10.2 Å². The molecule has 4 rings (SSSR count). The molecule has 2 N–H and O–H groups in total. The van der Waals surface area contributed by atoms with Gasteiger partial charge in [-0.15, -0.1) is 0 Å². The standard InChI is InChI=1S/C18H19N3O3/c1-11(22)12-4-3-5-13(6-12)14-7-15-17(20-24-19-15)16(8-14)21-9-18(2,23)10-21/h3-8,11,22-23H,9-10H2,1-2H3. The lowest BCUT2D eigenvalue weighted by Gasteiger charge is -2.45. The SMILES string of the molecule is CC(O)c1cccc(-c2cc(N3CC(C)(O)C3)c3nonc3c2)c1.